The van der Waals surface area contributed by atoms with Crippen molar-refractivity contribution in [2.24, 2.45) is 18.9 Å². The summed E-state index contributed by atoms with van der Waals surface area (Å²) < 4.78 is 29.9. The Kier molecular flexibility index (Phi) is 7.06. The van der Waals surface area contributed by atoms with Crippen LogP contribution in [-0.2, 0) is 25.4 Å². The number of hydrogen-bond donors (Lipinski definition) is 1. The van der Waals surface area contributed by atoms with E-state index >= 15 is 0 Å². The summed E-state index contributed by atoms with van der Waals surface area (Å²) in [7, 11) is 1.91. The first-order valence-corrected chi connectivity index (χ1v) is 14.3. The molecule has 6 rings (SSSR count). The van der Waals surface area contributed by atoms with Crippen molar-refractivity contribution < 1.29 is 13.6 Å². The minimum absolute atomic E-state index is 0.0177. The van der Waals surface area contributed by atoms with Gasteiger partial charge in [-0.15, -0.1) is 10.2 Å². The molecule has 0 spiro atoms. The van der Waals surface area contributed by atoms with E-state index in [1.807, 2.05) is 40.8 Å². The van der Waals surface area contributed by atoms with Crippen molar-refractivity contribution in [3.8, 4) is 6.07 Å². The molecule has 9 nitrogen and oxygen atoms in total. The molecule has 1 aromatic carbocycles. The van der Waals surface area contributed by atoms with Gasteiger partial charge in [0.25, 0.3) is 11.8 Å². The second-order valence-electron chi connectivity index (χ2n) is 12.1. The number of nitriles is 1. The van der Waals surface area contributed by atoms with Gasteiger partial charge < -0.3 is 9.88 Å². The summed E-state index contributed by atoms with van der Waals surface area (Å²) in [6, 6.07) is 11.8. The lowest BCUT2D eigenvalue weighted by Crippen LogP contribution is -2.45. The topological polar surface area (TPSA) is 113 Å². The monoisotopic (exact) mass is 560 g/mol. The summed E-state index contributed by atoms with van der Waals surface area (Å²) in [5, 5.41) is 20.8. The standard InChI is InChI=1S/C30H34F2N8O/c1-19-16-40(9-8-30(19,31)32)17-24-11-25(37-27(35-24)21-6-7-21)28(41)36-23-5-3-4-22(10-23)29(12-20(13-29)15-33)14-26-38-34-18-39(26)2/h3-5,10-11,18-21H,6-9,12-14,16-17H2,1-2H3,(H,36,41)/t19-,20?,29?/m1/s1. The predicted molar refractivity (Wildman–Crippen MR) is 147 cm³/mol. The highest BCUT2D eigenvalue weighted by Gasteiger charge is 2.47. The van der Waals surface area contributed by atoms with E-state index in [2.05, 4.69) is 26.6 Å². The smallest absolute Gasteiger partial charge is 0.274 e. The maximum absolute atomic E-state index is 14.0. The fourth-order valence-corrected chi connectivity index (χ4v) is 6.13. The quantitative estimate of drug-likeness (QED) is 0.428. The van der Waals surface area contributed by atoms with Gasteiger partial charge in [-0.3, -0.25) is 9.69 Å². The van der Waals surface area contributed by atoms with Crippen LogP contribution in [0.3, 0.4) is 0 Å². The highest BCUT2D eigenvalue weighted by Crippen LogP contribution is 2.50. The lowest BCUT2D eigenvalue weighted by Gasteiger charge is -2.45. The number of piperidine rings is 1. The van der Waals surface area contributed by atoms with Crippen LogP contribution in [0.1, 0.15) is 78.3 Å². The molecule has 41 heavy (non-hydrogen) atoms. The average Bonchev–Trinajstić information content (AvgIpc) is 3.70. The lowest BCUT2D eigenvalue weighted by atomic mass is 9.57. The van der Waals surface area contributed by atoms with Gasteiger partial charge in [0, 0.05) is 68.4 Å². The van der Waals surface area contributed by atoms with Crippen molar-refractivity contribution in [3.05, 3.63) is 65.3 Å². The molecule has 0 radical (unpaired) electrons. The van der Waals surface area contributed by atoms with Crippen LogP contribution in [0.15, 0.2) is 36.7 Å². The minimum Gasteiger partial charge on any atom is -0.321 e. The molecule has 1 amide bonds. The minimum atomic E-state index is -2.65. The number of nitrogens with one attached hydrogen (secondary N) is 1. The molecule has 214 valence electrons. The van der Waals surface area contributed by atoms with Crippen LogP contribution < -0.4 is 5.32 Å². The van der Waals surface area contributed by atoms with Crippen LogP contribution in [0.2, 0.25) is 0 Å². The molecule has 0 bridgehead atoms. The summed E-state index contributed by atoms with van der Waals surface area (Å²) >= 11 is 0. The summed E-state index contributed by atoms with van der Waals surface area (Å²) in [5.41, 5.74) is 2.39. The van der Waals surface area contributed by atoms with Gasteiger partial charge in [0.05, 0.1) is 11.8 Å². The Hall–Kier alpha value is -3.78. The number of likely N-dealkylation sites (tertiary alicyclic amines) is 1. The van der Waals surface area contributed by atoms with Gasteiger partial charge in [-0.05, 0) is 49.4 Å². The van der Waals surface area contributed by atoms with Crippen molar-refractivity contribution in [3.63, 3.8) is 0 Å². The maximum atomic E-state index is 14.0. The van der Waals surface area contributed by atoms with E-state index in [9.17, 15) is 18.8 Å². The van der Waals surface area contributed by atoms with Crippen LogP contribution in [-0.4, -0.2) is 54.6 Å². The number of rotatable bonds is 8. The zero-order chi connectivity index (χ0) is 28.8. The first kappa shape index (κ1) is 27.4. The lowest BCUT2D eigenvalue weighted by molar-refractivity contribution is -0.100. The van der Waals surface area contributed by atoms with Gasteiger partial charge in [-0.2, -0.15) is 5.26 Å². The van der Waals surface area contributed by atoms with Crippen molar-refractivity contribution in [1.82, 2.24) is 29.6 Å². The van der Waals surface area contributed by atoms with Gasteiger partial charge >= 0.3 is 0 Å². The molecule has 1 atom stereocenters. The van der Waals surface area contributed by atoms with Gasteiger partial charge in [-0.25, -0.2) is 18.7 Å². The normalized spacial score (nSPS) is 25.7. The van der Waals surface area contributed by atoms with E-state index in [0.29, 0.717) is 30.2 Å². The number of alkyl halides is 2. The fourth-order valence-electron chi connectivity index (χ4n) is 6.13. The average molecular weight is 561 g/mol. The molecule has 2 aliphatic carbocycles. The molecular weight excluding hydrogens is 526 g/mol. The van der Waals surface area contributed by atoms with Crippen molar-refractivity contribution in [2.75, 3.05) is 18.4 Å². The SMILES string of the molecule is C[C@@H]1CN(Cc2cc(C(=O)Nc3cccc(C4(Cc5nncn5C)CC(C#N)C4)c3)nc(C3CC3)n2)CCC1(F)F. The Bertz CT molecular complexity index is 1490. The van der Waals surface area contributed by atoms with Crippen LogP contribution in [0.5, 0.6) is 0 Å². The zero-order valence-electron chi connectivity index (χ0n) is 23.4. The van der Waals surface area contributed by atoms with E-state index in [-0.39, 0.29) is 48.4 Å². The molecule has 2 saturated carbocycles. The highest BCUT2D eigenvalue weighted by molar-refractivity contribution is 6.03. The molecule has 3 heterocycles. The number of halogens is 2. The Morgan fingerprint density at radius 1 is 1.22 bits per heavy atom. The third-order valence-corrected chi connectivity index (χ3v) is 8.86. The number of benzene rings is 1. The predicted octanol–water partition coefficient (Wildman–Crippen LogP) is 4.63. The van der Waals surface area contributed by atoms with Crippen molar-refractivity contribution in [2.45, 2.75) is 69.2 Å². The summed E-state index contributed by atoms with van der Waals surface area (Å²) in [5.74, 6) is -2.00. The van der Waals surface area contributed by atoms with Crippen LogP contribution in [0.4, 0.5) is 14.5 Å². The molecule has 2 aromatic heterocycles. The number of carbonyl (C=O) groups excluding carboxylic acids is 1. The fraction of sp³-hybridized carbons (Fsp3) is 0.533. The number of hydrogen-bond acceptors (Lipinski definition) is 7. The maximum Gasteiger partial charge on any atom is 0.274 e. The largest absolute Gasteiger partial charge is 0.321 e. The number of amides is 1. The van der Waals surface area contributed by atoms with E-state index in [0.717, 1.165) is 37.1 Å². The molecule has 0 unspecified atom stereocenters. The zero-order valence-corrected chi connectivity index (χ0v) is 23.4. The third-order valence-electron chi connectivity index (χ3n) is 8.86. The number of aromatic nitrogens is 5. The third kappa shape index (κ3) is 5.71. The molecule has 3 aliphatic rings. The number of nitrogens with zero attached hydrogens (tertiary/aromatic N) is 7. The van der Waals surface area contributed by atoms with Crippen LogP contribution >= 0.6 is 0 Å². The van der Waals surface area contributed by atoms with Crippen LogP contribution in [0.25, 0.3) is 0 Å². The van der Waals surface area contributed by atoms with Gasteiger partial charge in [-0.1, -0.05) is 19.1 Å². The Morgan fingerprint density at radius 2 is 2.02 bits per heavy atom. The molecule has 1 aliphatic heterocycles. The Labute approximate surface area is 238 Å². The van der Waals surface area contributed by atoms with E-state index in [1.54, 1.807) is 19.3 Å². The molecule has 3 aromatic rings. The van der Waals surface area contributed by atoms with E-state index in [1.165, 1.54) is 0 Å². The molecule has 3 fully saturated rings. The summed E-state index contributed by atoms with van der Waals surface area (Å²) in [6.45, 7) is 2.56. The second-order valence-corrected chi connectivity index (χ2v) is 12.1. The summed E-state index contributed by atoms with van der Waals surface area (Å²) in [6.07, 6.45) is 5.55. The molecule has 11 heteroatoms. The van der Waals surface area contributed by atoms with Crippen molar-refractivity contribution >= 4 is 11.6 Å². The van der Waals surface area contributed by atoms with E-state index < -0.39 is 11.8 Å². The Morgan fingerprint density at radius 3 is 2.71 bits per heavy atom. The molecular formula is C30H34F2N8O. The molecule has 1 saturated heterocycles. The Balaban J connectivity index is 1.21. The first-order chi connectivity index (χ1) is 19.6. The second kappa shape index (κ2) is 10.6. The number of carbonyl (C=O) groups is 1. The first-order valence-electron chi connectivity index (χ1n) is 14.3. The van der Waals surface area contributed by atoms with Crippen LogP contribution in [0, 0.1) is 23.2 Å². The van der Waals surface area contributed by atoms with E-state index in [4.69, 9.17) is 4.98 Å². The molecule has 1 N–H and O–H groups in total. The van der Waals surface area contributed by atoms with Gasteiger partial charge in [0.15, 0.2) is 0 Å². The summed E-state index contributed by atoms with van der Waals surface area (Å²) in [4.78, 5) is 24.7. The number of aryl methyl sites for hydroxylation is 1. The number of anilines is 1. The van der Waals surface area contributed by atoms with Gasteiger partial charge in [0.2, 0.25) is 0 Å². The van der Waals surface area contributed by atoms with Crippen molar-refractivity contribution in [1.29, 1.82) is 5.26 Å². The highest BCUT2D eigenvalue weighted by atomic mass is 19.3. The van der Waals surface area contributed by atoms with Gasteiger partial charge in [0.1, 0.15) is 23.7 Å².